The zero-order valence-electron chi connectivity index (χ0n) is 13.7. The summed E-state index contributed by atoms with van der Waals surface area (Å²) in [6, 6.07) is 10.6. The largest absolute Gasteiger partial charge is 0.497 e. The van der Waals surface area contributed by atoms with Gasteiger partial charge in [0, 0.05) is 12.0 Å². The van der Waals surface area contributed by atoms with Crippen LogP contribution in [0.2, 0.25) is 0 Å². The van der Waals surface area contributed by atoms with Crippen molar-refractivity contribution in [1.29, 1.82) is 0 Å². The van der Waals surface area contributed by atoms with Gasteiger partial charge < -0.3 is 18.9 Å². The molecule has 2 aromatic rings. The second-order valence-corrected chi connectivity index (χ2v) is 4.86. The van der Waals surface area contributed by atoms with Gasteiger partial charge in [0.1, 0.15) is 5.75 Å². The molecule has 0 atom stereocenters. The van der Waals surface area contributed by atoms with Crippen LogP contribution in [0.5, 0.6) is 23.0 Å². The molecule has 0 fully saturated rings. The molecule has 0 bridgehead atoms. The predicted molar refractivity (Wildman–Crippen MR) is 87.1 cm³/mol. The van der Waals surface area contributed by atoms with Crippen molar-refractivity contribution in [2.75, 3.05) is 28.4 Å². The van der Waals surface area contributed by atoms with Gasteiger partial charge >= 0.3 is 0 Å². The van der Waals surface area contributed by atoms with Crippen molar-refractivity contribution < 1.29 is 23.7 Å². The molecule has 0 radical (unpaired) electrons. The van der Waals surface area contributed by atoms with Crippen molar-refractivity contribution in [2.45, 2.75) is 6.42 Å². The van der Waals surface area contributed by atoms with Gasteiger partial charge in [-0.1, -0.05) is 0 Å². The molecule has 0 aliphatic carbocycles. The molecule has 0 heterocycles. The molecule has 5 nitrogen and oxygen atoms in total. The van der Waals surface area contributed by atoms with E-state index in [4.69, 9.17) is 18.9 Å². The number of benzene rings is 2. The number of hydrogen-bond donors (Lipinski definition) is 0. The monoisotopic (exact) mass is 316 g/mol. The van der Waals surface area contributed by atoms with Crippen molar-refractivity contribution in [2.24, 2.45) is 0 Å². The average molecular weight is 316 g/mol. The highest BCUT2D eigenvalue weighted by molar-refractivity contribution is 5.97. The maximum absolute atomic E-state index is 12.4. The first-order valence-electron chi connectivity index (χ1n) is 7.09. The van der Waals surface area contributed by atoms with Crippen LogP contribution in [-0.2, 0) is 6.42 Å². The Morgan fingerprint density at radius 2 is 1.39 bits per heavy atom. The van der Waals surface area contributed by atoms with Gasteiger partial charge in [0.15, 0.2) is 17.3 Å². The van der Waals surface area contributed by atoms with E-state index >= 15 is 0 Å². The summed E-state index contributed by atoms with van der Waals surface area (Å²) in [6.45, 7) is 0. The lowest BCUT2D eigenvalue weighted by Gasteiger charge is -2.14. The van der Waals surface area contributed by atoms with Crippen LogP contribution >= 0.6 is 0 Å². The third kappa shape index (κ3) is 3.74. The minimum atomic E-state index is 0.00178. The number of Topliss-reactive ketones (excluding diaryl/α,β-unsaturated/α-hetero) is 1. The highest BCUT2D eigenvalue weighted by Gasteiger charge is 2.15. The fraction of sp³-hybridized carbons (Fsp3) is 0.278. The molecule has 0 saturated carbocycles. The third-order valence-electron chi connectivity index (χ3n) is 3.50. The van der Waals surface area contributed by atoms with Crippen molar-refractivity contribution in [3.05, 3.63) is 47.5 Å². The molecule has 2 rings (SSSR count). The maximum atomic E-state index is 12.4. The van der Waals surface area contributed by atoms with Crippen LogP contribution in [0.25, 0.3) is 0 Å². The quantitative estimate of drug-likeness (QED) is 0.735. The molecule has 0 N–H and O–H groups in total. The Balaban J connectivity index is 2.26. The van der Waals surface area contributed by atoms with Crippen LogP contribution in [0.15, 0.2) is 36.4 Å². The summed E-state index contributed by atoms with van der Waals surface area (Å²) in [7, 11) is 6.23. The normalized spacial score (nSPS) is 10.1. The van der Waals surface area contributed by atoms with E-state index in [2.05, 4.69) is 0 Å². The number of methoxy groups -OCH3 is 4. The topological polar surface area (TPSA) is 54.0 Å². The van der Waals surface area contributed by atoms with Crippen molar-refractivity contribution >= 4 is 5.78 Å². The molecule has 2 aromatic carbocycles. The Labute approximate surface area is 135 Å². The van der Waals surface area contributed by atoms with Gasteiger partial charge in [-0.2, -0.15) is 0 Å². The SMILES string of the molecule is COc1ccc(C(=O)Cc2cc(OC)c(OC)c(OC)c2)cc1. The molecule has 122 valence electrons. The standard InChI is InChI=1S/C18H20O5/c1-20-14-7-5-13(6-8-14)15(19)9-12-10-16(21-2)18(23-4)17(11-12)22-3/h5-8,10-11H,9H2,1-4H3. The lowest BCUT2D eigenvalue weighted by molar-refractivity contribution is 0.0993. The number of carbonyl (C=O) groups excluding carboxylic acids is 1. The predicted octanol–water partition coefficient (Wildman–Crippen LogP) is 3.15. The van der Waals surface area contributed by atoms with Gasteiger partial charge in [0.25, 0.3) is 0 Å². The van der Waals surface area contributed by atoms with Crippen LogP contribution < -0.4 is 18.9 Å². The second-order valence-electron chi connectivity index (χ2n) is 4.86. The summed E-state index contributed by atoms with van der Waals surface area (Å²) in [5.74, 6) is 2.29. The summed E-state index contributed by atoms with van der Waals surface area (Å²) in [4.78, 5) is 12.4. The van der Waals surface area contributed by atoms with E-state index in [-0.39, 0.29) is 12.2 Å². The first-order valence-corrected chi connectivity index (χ1v) is 7.09. The van der Waals surface area contributed by atoms with Gasteiger partial charge in [0.2, 0.25) is 5.75 Å². The van der Waals surface area contributed by atoms with Crippen molar-refractivity contribution in [3.8, 4) is 23.0 Å². The summed E-state index contributed by atoms with van der Waals surface area (Å²) in [5.41, 5.74) is 1.42. The summed E-state index contributed by atoms with van der Waals surface area (Å²) in [5, 5.41) is 0. The first-order chi connectivity index (χ1) is 11.1. The summed E-state index contributed by atoms with van der Waals surface area (Å²) >= 11 is 0. The van der Waals surface area contributed by atoms with Crippen LogP contribution in [0.1, 0.15) is 15.9 Å². The van der Waals surface area contributed by atoms with E-state index < -0.39 is 0 Å². The Kier molecular flexibility index (Phi) is 5.46. The Morgan fingerprint density at radius 3 is 1.83 bits per heavy atom. The molecule has 0 aliphatic rings. The van der Waals surface area contributed by atoms with E-state index in [0.717, 1.165) is 5.56 Å². The van der Waals surface area contributed by atoms with Gasteiger partial charge in [0.05, 0.1) is 28.4 Å². The average Bonchev–Trinajstić information content (AvgIpc) is 2.60. The molecular weight excluding hydrogens is 296 g/mol. The maximum Gasteiger partial charge on any atom is 0.203 e. The zero-order chi connectivity index (χ0) is 16.8. The Morgan fingerprint density at radius 1 is 0.826 bits per heavy atom. The zero-order valence-corrected chi connectivity index (χ0v) is 13.7. The van der Waals surface area contributed by atoms with E-state index in [9.17, 15) is 4.79 Å². The summed E-state index contributed by atoms with van der Waals surface area (Å²) < 4.78 is 21.0. The molecule has 23 heavy (non-hydrogen) atoms. The first kappa shape index (κ1) is 16.7. The highest BCUT2D eigenvalue weighted by Crippen LogP contribution is 2.38. The minimum absolute atomic E-state index is 0.00178. The number of rotatable bonds is 7. The van der Waals surface area contributed by atoms with E-state index in [0.29, 0.717) is 28.6 Å². The molecule has 5 heteroatoms. The van der Waals surface area contributed by atoms with Crippen LogP contribution in [0, 0.1) is 0 Å². The highest BCUT2D eigenvalue weighted by atomic mass is 16.5. The van der Waals surface area contributed by atoms with E-state index in [1.54, 1.807) is 64.8 Å². The number of ether oxygens (including phenoxy) is 4. The Bertz CT molecular complexity index is 651. The van der Waals surface area contributed by atoms with Gasteiger partial charge in [-0.15, -0.1) is 0 Å². The second kappa shape index (κ2) is 7.54. The molecule has 0 spiro atoms. The molecule has 0 aromatic heterocycles. The van der Waals surface area contributed by atoms with Crippen molar-refractivity contribution in [1.82, 2.24) is 0 Å². The smallest absolute Gasteiger partial charge is 0.203 e. The lowest BCUT2D eigenvalue weighted by atomic mass is 10.0. The van der Waals surface area contributed by atoms with E-state index in [1.165, 1.54) is 0 Å². The Hall–Kier alpha value is -2.69. The fourth-order valence-electron chi connectivity index (χ4n) is 2.30. The number of carbonyl (C=O) groups is 1. The third-order valence-corrected chi connectivity index (χ3v) is 3.50. The lowest BCUT2D eigenvalue weighted by Crippen LogP contribution is -2.05. The molecule has 0 amide bonds. The fourth-order valence-corrected chi connectivity index (χ4v) is 2.30. The van der Waals surface area contributed by atoms with Crippen LogP contribution in [0.4, 0.5) is 0 Å². The van der Waals surface area contributed by atoms with Gasteiger partial charge in [-0.3, -0.25) is 4.79 Å². The van der Waals surface area contributed by atoms with E-state index in [1.807, 2.05) is 0 Å². The molecule has 0 unspecified atom stereocenters. The number of ketones is 1. The van der Waals surface area contributed by atoms with Crippen LogP contribution in [0.3, 0.4) is 0 Å². The van der Waals surface area contributed by atoms with Crippen LogP contribution in [-0.4, -0.2) is 34.2 Å². The minimum Gasteiger partial charge on any atom is -0.497 e. The molecular formula is C18H20O5. The molecule has 0 saturated heterocycles. The van der Waals surface area contributed by atoms with Gasteiger partial charge in [-0.25, -0.2) is 0 Å². The number of hydrogen-bond acceptors (Lipinski definition) is 5. The van der Waals surface area contributed by atoms with Crippen molar-refractivity contribution in [3.63, 3.8) is 0 Å². The molecule has 0 aliphatic heterocycles. The summed E-state index contributed by atoms with van der Waals surface area (Å²) in [6.07, 6.45) is 0.239. The van der Waals surface area contributed by atoms with Gasteiger partial charge in [-0.05, 0) is 42.0 Å².